The average molecular weight is 426 g/mol. The number of rotatable bonds is 6. The Morgan fingerprint density at radius 2 is 1.93 bits per heavy atom. The van der Waals surface area contributed by atoms with Gasteiger partial charge in [-0.05, 0) is 36.8 Å². The van der Waals surface area contributed by atoms with Gasteiger partial charge in [-0.25, -0.2) is 0 Å². The van der Waals surface area contributed by atoms with Crippen LogP contribution < -0.4 is 0 Å². The van der Waals surface area contributed by atoms with Gasteiger partial charge in [-0.2, -0.15) is 0 Å². The Kier molecular flexibility index (Phi) is 5.65. The summed E-state index contributed by atoms with van der Waals surface area (Å²) in [6.45, 7) is 1.66. The molecule has 30 heavy (non-hydrogen) atoms. The number of carbonyl (C=O) groups is 3. The van der Waals surface area contributed by atoms with E-state index < -0.39 is 0 Å². The first kappa shape index (κ1) is 20.3. The van der Waals surface area contributed by atoms with Crippen LogP contribution in [-0.4, -0.2) is 66.7 Å². The fourth-order valence-electron chi connectivity index (χ4n) is 3.67. The number of benzene rings is 2. The van der Waals surface area contributed by atoms with Crippen LogP contribution >= 0.6 is 11.6 Å². The van der Waals surface area contributed by atoms with Crippen LogP contribution in [0.25, 0.3) is 0 Å². The predicted octanol–water partition coefficient (Wildman–Crippen LogP) is 2.88. The Hall–Kier alpha value is -3.03. The summed E-state index contributed by atoms with van der Waals surface area (Å²) in [7, 11) is 1.57. The zero-order chi connectivity index (χ0) is 21.3. The van der Waals surface area contributed by atoms with Gasteiger partial charge in [0.05, 0.1) is 17.7 Å². The second-order valence-corrected chi connectivity index (χ2v) is 7.48. The molecule has 2 aromatic rings. The molecule has 8 heteroatoms. The van der Waals surface area contributed by atoms with Crippen molar-refractivity contribution in [1.29, 1.82) is 0 Å². The molecule has 2 aliphatic heterocycles. The molecule has 0 saturated carbocycles. The van der Waals surface area contributed by atoms with E-state index in [-0.39, 0.29) is 29.8 Å². The van der Waals surface area contributed by atoms with Crippen LogP contribution in [0.4, 0.5) is 0 Å². The van der Waals surface area contributed by atoms with Crippen LogP contribution in [0, 0.1) is 0 Å². The van der Waals surface area contributed by atoms with E-state index in [4.69, 9.17) is 16.3 Å². The molecule has 0 aliphatic carbocycles. The summed E-state index contributed by atoms with van der Waals surface area (Å²) in [5, 5.41) is 0.560. The van der Waals surface area contributed by atoms with Crippen LogP contribution in [0.1, 0.15) is 43.1 Å². The lowest BCUT2D eigenvalue weighted by atomic mass is 10.0. The number of nitrogens with zero attached hydrogens (tertiary/aromatic N) is 3. The summed E-state index contributed by atoms with van der Waals surface area (Å²) >= 11 is 6.08. The van der Waals surface area contributed by atoms with Crippen LogP contribution in [0.5, 0.6) is 0 Å². The quantitative estimate of drug-likeness (QED) is 0.526. The molecule has 0 N–H and O–H groups in total. The second-order valence-electron chi connectivity index (χ2n) is 7.04. The molecule has 4 rings (SSSR count). The number of amides is 3. The van der Waals surface area contributed by atoms with E-state index in [0.717, 1.165) is 5.56 Å². The first-order valence-electron chi connectivity index (χ1n) is 9.62. The van der Waals surface area contributed by atoms with E-state index >= 15 is 0 Å². The van der Waals surface area contributed by atoms with E-state index in [1.807, 2.05) is 6.07 Å². The third kappa shape index (κ3) is 3.62. The number of imide groups is 1. The molecule has 0 saturated heterocycles. The third-order valence-electron chi connectivity index (χ3n) is 5.12. The molecule has 0 atom stereocenters. The minimum atomic E-state index is -0.383. The van der Waals surface area contributed by atoms with Crippen LogP contribution in [0.15, 0.2) is 47.5 Å². The monoisotopic (exact) mass is 425 g/mol. The van der Waals surface area contributed by atoms with Gasteiger partial charge in [-0.15, -0.1) is 0 Å². The number of hydrogen-bond donors (Lipinski definition) is 0. The molecule has 3 amide bonds. The van der Waals surface area contributed by atoms with Gasteiger partial charge in [0.15, 0.2) is 0 Å². The van der Waals surface area contributed by atoms with Crippen molar-refractivity contribution in [2.45, 2.75) is 6.42 Å². The number of aliphatic imine (C=N–C) groups is 1. The highest BCUT2D eigenvalue weighted by Gasteiger charge is 2.36. The van der Waals surface area contributed by atoms with Crippen molar-refractivity contribution >= 4 is 35.2 Å². The fourth-order valence-corrected chi connectivity index (χ4v) is 3.86. The highest BCUT2D eigenvalue weighted by molar-refractivity contribution is 6.31. The SMILES string of the molecule is COCCCN1C(=O)c2ccc(C(=O)N3CCN=C3c3cccc(Cl)c3)cc2C1=O. The lowest BCUT2D eigenvalue weighted by molar-refractivity contribution is 0.0638. The average Bonchev–Trinajstić information content (AvgIpc) is 3.33. The molecule has 0 fully saturated rings. The lowest BCUT2D eigenvalue weighted by Gasteiger charge is -2.19. The summed E-state index contributed by atoms with van der Waals surface area (Å²) in [5.74, 6) is -0.447. The van der Waals surface area contributed by atoms with Gasteiger partial charge in [0, 0.05) is 43.0 Å². The maximum absolute atomic E-state index is 13.2. The number of hydrogen-bond acceptors (Lipinski definition) is 5. The van der Waals surface area contributed by atoms with Crippen molar-refractivity contribution in [2.75, 3.05) is 33.4 Å². The van der Waals surface area contributed by atoms with Crippen molar-refractivity contribution in [1.82, 2.24) is 9.80 Å². The first-order valence-corrected chi connectivity index (χ1v) is 10.0. The highest BCUT2D eigenvalue weighted by Crippen LogP contribution is 2.26. The molecule has 154 valence electrons. The van der Waals surface area contributed by atoms with Crippen molar-refractivity contribution in [3.8, 4) is 0 Å². The fraction of sp³-hybridized carbons (Fsp3) is 0.273. The predicted molar refractivity (Wildman–Crippen MR) is 112 cm³/mol. The number of fused-ring (bicyclic) bond motifs is 1. The van der Waals surface area contributed by atoms with Crippen LogP contribution in [0.3, 0.4) is 0 Å². The lowest BCUT2D eigenvalue weighted by Crippen LogP contribution is -2.35. The molecule has 0 spiro atoms. The largest absolute Gasteiger partial charge is 0.385 e. The third-order valence-corrected chi connectivity index (χ3v) is 5.35. The van der Waals surface area contributed by atoms with Gasteiger partial charge in [-0.1, -0.05) is 23.7 Å². The molecule has 7 nitrogen and oxygen atoms in total. The first-order chi connectivity index (χ1) is 14.5. The van der Waals surface area contributed by atoms with E-state index in [2.05, 4.69) is 4.99 Å². The topological polar surface area (TPSA) is 79.3 Å². The number of carbonyl (C=O) groups excluding carboxylic acids is 3. The van der Waals surface area contributed by atoms with Crippen LogP contribution in [-0.2, 0) is 4.74 Å². The maximum Gasteiger partial charge on any atom is 0.261 e. The summed E-state index contributed by atoms with van der Waals surface area (Å²) in [6.07, 6.45) is 0.557. The highest BCUT2D eigenvalue weighted by atomic mass is 35.5. The summed E-state index contributed by atoms with van der Waals surface area (Å²) in [6, 6.07) is 11.8. The molecule has 2 aromatic carbocycles. The van der Waals surface area contributed by atoms with Crippen molar-refractivity contribution in [3.63, 3.8) is 0 Å². The number of amidine groups is 1. The Balaban J connectivity index is 1.58. The Labute approximate surface area is 178 Å². The minimum absolute atomic E-state index is 0.253. The molecule has 0 radical (unpaired) electrons. The Bertz CT molecular complexity index is 1070. The van der Waals surface area contributed by atoms with E-state index in [1.54, 1.807) is 42.3 Å². The van der Waals surface area contributed by atoms with E-state index in [0.29, 0.717) is 48.1 Å². The van der Waals surface area contributed by atoms with Gasteiger partial charge in [-0.3, -0.25) is 29.2 Å². The van der Waals surface area contributed by atoms with Gasteiger partial charge in [0.25, 0.3) is 17.7 Å². The summed E-state index contributed by atoms with van der Waals surface area (Å²) < 4.78 is 4.99. The molecule has 2 aliphatic rings. The Morgan fingerprint density at radius 3 is 2.70 bits per heavy atom. The molecule has 0 unspecified atom stereocenters. The van der Waals surface area contributed by atoms with Crippen LogP contribution in [0.2, 0.25) is 5.02 Å². The molecule has 0 aromatic heterocycles. The van der Waals surface area contributed by atoms with Gasteiger partial charge >= 0.3 is 0 Å². The standard InChI is InChI=1S/C22H20ClN3O4/c1-30-11-3-9-26-21(28)17-7-6-15(13-18(17)22(26)29)20(27)25-10-8-24-19(25)14-4-2-5-16(23)12-14/h2,4-7,12-13H,3,8-11H2,1H3. The maximum atomic E-state index is 13.2. The van der Waals surface area contributed by atoms with Crippen molar-refractivity contribution < 1.29 is 19.1 Å². The van der Waals surface area contributed by atoms with E-state index in [9.17, 15) is 14.4 Å². The van der Waals surface area contributed by atoms with Gasteiger partial charge in [0.2, 0.25) is 0 Å². The Morgan fingerprint density at radius 1 is 1.13 bits per heavy atom. The number of methoxy groups -OCH3 is 1. The zero-order valence-corrected chi connectivity index (χ0v) is 17.2. The van der Waals surface area contributed by atoms with Gasteiger partial charge < -0.3 is 4.74 Å². The number of ether oxygens (including phenoxy) is 1. The normalized spacial score (nSPS) is 15.6. The molecular formula is C22H20ClN3O4. The molecule has 2 heterocycles. The van der Waals surface area contributed by atoms with Gasteiger partial charge in [0.1, 0.15) is 5.84 Å². The van der Waals surface area contributed by atoms with Crippen molar-refractivity contribution in [3.05, 3.63) is 69.7 Å². The van der Waals surface area contributed by atoms with E-state index in [1.165, 1.54) is 11.0 Å². The van der Waals surface area contributed by atoms with Crippen molar-refractivity contribution in [2.24, 2.45) is 4.99 Å². The minimum Gasteiger partial charge on any atom is -0.385 e. The zero-order valence-electron chi connectivity index (χ0n) is 16.4. The number of halogens is 1. The smallest absolute Gasteiger partial charge is 0.261 e. The summed E-state index contributed by atoms with van der Waals surface area (Å²) in [5.41, 5.74) is 1.66. The molecule has 0 bridgehead atoms. The second kappa shape index (κ2) is 8.38. The summed E-state index contributed by atoms with van der Waals surface area (Å²) in [4.78, 5) is 45.7. The molecular weight excluding hydrogens is 406 g/mol.